The first-order chi connectivity index (χ1) is 17.1. The zero-order valence-corrected chi connectivity index (χ0v) is 20.3. The molecule has 2 heterocycles. The van der Waals surface area contributed by atoms with Gasteiger partial charge < -0.3 is 19.9 Å². The molecule has 8 nitrogen and oxygen atoms in total. The third kappa shape index (κ3) is 6.16. The van der Waals surface area contributed by atoms with Crippen LogP contribution in [0.5, 0.6) is 5.75 Å². The molecule has 1 saturated heterocycles. The Bertz CT molecular complexity index is 1220. The Labute approximate surface area is 211 Å². The lowest BCUT2D eigenvalue weighted by Crippen LogP contribution is -2.44. The first-order valence-electron chi connectivity index (χ1n) is 11.1. The molecule has 0 spiro atoms. The monoisotopic (exact) mass is 520 g/mol. The van der Waals surface area contributed by atoms with Gasteiger partial charge in [-0.15, -0.1) is 0 Å². The van der Waals surface area contributed by atoms with Gasteiger partial charge in [0.05, 0.1) is 10.6 Å². The second-order valence-electron chi connectivity index (χ2n) is 8.27. The molecule has 3 aromatic rings. The third-order valence-electron chi connectivity index (χ3n) is 5.71. The molecule has 1 amide bonds. The summed E-state index contributed by atoms with van der Waals surface area (Å²) in [6, 6.07) is 11.8. The predicted molar refractivity (Wildman–Crippen MR) is 132 cm³/mol. The zero-order valence-electron chi connectivity index (χ0n) is 19.6. The molecule has 1 aliphatic rings. The highest BCUT2D eigenvalue weighted by Crippen LogP contribution is 2.35. The van der Waals surface area contributed by atoms with E-state index in [4.69, 9.17) is 16.3 Å². The van der Waals surface area contributed by atoms with Gasteiger partial charge in [0.15, 0.2) is 5.75 Å². The Morgan fingerprint density at radius 1 is 1.08 bits per heavy atom. The fourth-order valence-electron chi connectivity index (χ4n) is 3.56. The van der Waals surface area contributed by atoms with E-state index in [1.54, 1.807) is 0 Å². The van der Waals surface area contributed by atoms with Crippen LogP contribution in [0.15, 0.2) is 54.7 Å². The van der Waals surface area contributed by atoms with Crippen LogP contribution in [0.4, 0.5) is 41.1 Å². The lowest BCUT2D eigenvalue weighted by Gasteiger charge is -2.34. The summed E-state index contributed by atoms with van der Waals surface area (Å²) in [6.45, 7) is 3.94. The average molecular weight is 521 g/mol. The SMILES string of the molecule is CN1CCN(c2ccc(Nc3nccc(N(C)C(=O)Oc4cc(C(F)(F)F)ccc4Cl)n3)cc2)CC1. The molecule has 0 unspecified atom stereocenters. The first kappa shape index (κ1) is 25.5. The summed E-state index contributed by atoms with van der Waals surface area (Å²) in [5.74, 6) is 0.00226. The summed E-state index contributed by atoms with van der Waals surface area (Å²) in [5.41, 5.74) is 0.898. The van der Waals surface area contributed by atoms with Crippen molar-refractivity contribution in [2.24, 2.45) is 0 Å². The number of hydrogen-bond donors (Lipinski definition) is 1. The predicted octanol–water partition coefficient (Wildman–Crippen LogP) is 5.28. The van der Waals surface area contributed by atoms with Crippen molar-refractivity contribution in [3.8, 4) is 5.75 Å². The molecule has 1 N–H and O–H groups in total. The van der Waals surface area contributed by atoms with E-state index >= 15 is 0 Å². The van der Waals surface area contributed by atoms with Gasteiger partial charge in [-0.2, -0.15) is 18.2 Å². The standard InChI is InChI=1S/C24H24ClF3N6O2/c1-32-11-13-34(14-12-32)18-6-4-17(5-7-18)30-22-29-10-9-21(31-22)33(2)23(35)36-20-15-16(24(26,27)28)3-8-19(20)25/h3-10,15H,11-14H2,1-2H3,(H,29,30,31). The van der Waals surface area contributed by atoms with Crippen LogP contribution >= 0.6 is 11.6 Å². The average Bonchev–Trinajstić information content (AvgIpc) is 2.85. The van der Waals surface area contributed by atoms with Crippen molar-refractivity contribution in [3.63, 3.8) is 0 Å². The van der Waals surface area contributed by atoms with E-state index in [9.17, 15) is 18.0 Å². The van der Waals surface area contributed by atoms with Gasteiger partial charge in [0.1, 0.15) is 5.82 Å². The summed E-state index contributed by atoms with van der Waals surface area (Å²) in [4.78, 5) is 26.7. The number of anilines is 4. The van der Waals surface area contributed by atoms with Crippen molar-refractivity contribution in [2.45, 2.75) is 6.18 Å². The maximum Gasteiger partial charge on any atom is 0.420 e. The van der Waals surface area contributed by atoms with E-state index in [1.165, 1.54) is 19.3 Å². The van der Waals surface area contributed by atoms with E-state index in [2.05, 4.69) is 32.1 Å². The summed E-state index contributed by atoms with van der Waals surface area (Å²) >= 11 is 5.92. The highest BCUT2D eigenvalue weighted by Gasteiger charge is 2.31. The van der Waals surface area contributed by atoms with Crippen LogP contribution in [0, 0.1) is 0 Å². The Morgan fingerprint density at radius 2 is 1.78 bits per heavy atom. The van der Waals surface area contributed by atoms with E-state index in [1.807, 2.05) is 24.3 Å². The largest absolute Gasteiger partial charge is 0.420 e. The normalized spacial score (nSPS) is 14.4. The third-order valence-corrected chi connectivity index (χ3v) is 6.02. The summed E-state index contributed by atoms with van der Waals surface area (Å²) in [7, 11) is 3.48. The molecule has 0 radical (unpaired) electrons. The lowest BCUT2D eigenvalue weighted by atomic mass is 10.2. The smallest absolute Gasteiger partial charge is 0.408 e. The van der Waals surface area contributed by atoms with Crippen molar-refractivity contribution in [3.05, 3.63) is 65.3 Å². The number of aromatic nitrogens is 2. The number of rotatable bonds is 5. The number of nitrogens with one attached hydrogen (secondary N) is 1. The van der Waals surface area contributed by atoms with Crippen LogP contribution in [-0.2, 0) is 6.18 Å². The van der Waals surface area contributed by atoms with Gasteiger partial charge in [0, 0.05) is 50.8 Å². The fourth-order valence-corrected chi connectivity index (χ4v) is 3.72. The number of piperazine rings is 1. The summed E-state index contributed by atoms with van der Waals surface area (Å²) < 4.78 is 44.1. The van der Waals surface area contributed by atoms with Gasteiger partial charge in [-0.05, 0) is 55.6 Å². The number of nitrogens with zero attached hydrogens (tertiary/aromatic N) is 5. The van der Waals surface area contributed by atoms with Crippen LogP contribution in [0.25, 0.3) is 0 Å². The van der Waals surface area contributed by atoms with Crippen LogP contribution in [0.1, 0.15) is 5.56 Å². The molecule has 1 fully saturated rings. The van der Waals surface area contributed by atoms with Gasteiger partial charge >= 0.3 is 12.3 Å². The maximum atomic E-state index is 13.0. The lowest BCUT2D eigenvalue weighted by molar-refractivity contribution is -0.137. The molecular formula is C24H24ClF3N6O2. The molecule has 1 aliphatic heterocycles. The Morgan fingerprint density at radius 3 is 2.44 bits per heavy atom. The van der Waals surface area contributed by atoms with Crippen LogP contribution < -0.4 is 19.9 Å². The maximum absolute atomic E-state index is 13.0. The number of halogens is 4. The minimum absolute atomic E-state index is 0.130. The van der Waals surface area contributed by atoms with Gasteiger partial charge in [-0.25, -0.2) is 9.78 Å². The minimum atomic E-state index is -4.60. The van der Waals surface area contributed by atoms with E-state index in [0.29, 0.717) is 6.07 Å². The summed E-state index contributed by atoms with van der Waals surface area (Å²) in [5, 5.41) is 2.95. The molecule has 190 valence electrons. The van der Waals surface area contributed by atoms with Crippen LogP contribution in [-0.4, -0.2) is 61.2 Å². The molecule has 1 aromatic heterocycles. The molecule has 0 aliphatic carbocycles. The fraction of sp³-hybridized carbons (Fsp3) is 0.292. The number of alkyl halides is 3. The van der Waals surface area contributed by atoms with Crippen molar-refractivity contribution >= 4 is 40.8 Å². The number of carbonyl (C=O) groups is 1. The quantitative estimate of drug-likeness (QED) is 0.490. The molecule has 12 heteroatoms. The van der Waals surface area contributed by atoms with Crippen molar-refractivity contribution in [1.82, 2.24) is 14.9 Å². The molecule has 0 saturated carbocycles. The van der Waals surface area contributed by atoms with E-state index < -0.39 is 23.6 Å². The Balaban J connectivity index is 1.42. The van der Waals surface area contributed by atoms with E-state index in [-0.39, 0.29) is 16.8 Å². The number of amides is 1. The molecule has 36 heavy (non-hydrogen) atoms. The summed E-state index contributed by atoms with van der Waals surface area (Å²) in [6.07, 6.45) is -4.12. The number of benzene rings is 2. The zero-order chi connectivity index (χ0) is 25.9. The number of ether oxygens (including phenoxy) is 1. The number of likely N-dealkylation sites (N-methyl/N-ethyl adjacent to an activating group) is 1. The molecular weight excluding hydrogens is 497 g/mol. The van der Waals surface area contributed by atoms with Crippen molar-refractivity contribution in [1.29, 1.82) is 0 Å². The molecule has 2 aromatic carbocycles. The van der Waals surface area contributed by atoms with Crippen LogP contribution in [0.3, 0.4) is 0 Å². The Hall–Kier alpha value is -3.57. The van der Waals surface area contributed by atoms with Gasteiger partial charge in [0.25, 0.3) is 0 Å². The van der Waals surface area contributed by atoms with Crippen LogP contribution in [0.2, 0.25) is 5.02 Å². The van der Waals surface area contributed by atoms with Gasteiger partial charge in [-0.3, -0.25) is 4.90 Å². The number of carbonyl (C=O) groups excluding carboxylic acids is 1. The van der Waals surface area contributed by atoms with E-state index in [0.717, 1.165) is 54.6 Å². The topological polar surface area (TPSA) is 73.8 Å². The Kier molecular flexibility index (Phi) is 7.51. The molecule has 4 rings (SSSR count). The van der Waals surface area contributed by atoms with Gasteiger partial charge in [-0.1, -0.05) is 11.6 Å². The second-order valence-corrected chi connectivity index (χ2v) is 8.68. The second kappa shape index (κ2) is 10.6. The highest BCUT2D eigenvalue weighted by atomic mass is 35.5. The number of hydrogen-bond acceptors (Lipinski definition) is 7. The highest BCUT2D eigenvalue weighted by molar-refractivity contribution is 6.32. The first-order valence-corrected chi connectivity index (χ1v) is 11.4. The molecule has 0 bridgehead atoms. The van der Waals surface area contributed by atoms with Crippen molar-refractivity contribution in [2.75, 3.05) is 55.4 Å². The minimum Gasteiger partial charge on any atom is -0.408 e. The van der Waals surface area contributed by atoms with Gasteiger partial charge in [0.2, 0.25) is 5.95 Å². The molecule has 0 atom stereocenters. The van der Waals surface area contributed by atoms with Crippen molar-refractivity contribution < 1.29 is 22.7 Å².